The predicted molar refractivity (Wildman–Crippen MR) is 94.6 cm³/mol. The summed E-state index contributed by atoms with van der Waals surface area (Å²) in [6.45, 7) is 6.00. The number of carbonyl (C=O) groups excluding carboxylic acids is 1. The minimum absolute atomic E-state index is 0. The molecule has 1 fully saturated rings. The van der Waals surface area contributed by atoms with Gasteiger partial charge in [-0.2, -0.15) is 0 Å². The van der Waals surface area contributed by atoms with Crippen LogP contribution in [0.2, 0.25) is 0 Å². The highest BCUT2D eigenvalue weighted by atomic mass is 35.5. The van der Waals surface area contributed by atoms with Crippen molar-refractivity contribution < 1.29 is 14.3 Å². The van der Waals surface area contributed by atoms with Gasteiger partial charge in [-0.1, -0.05) is 6.07 Å². The van der Waals surface area contributed by atoms with Gasteiger partial charge in [0.05, 0.1) is 12.3 Å². The molecule has 2 N–H and O–H groups in total. The molecule has 6 heteroatoms. The van der Waals surface area contributed by atoms with Crippen LogP contribution in [0.4, 0.5) is 5.69 Å². The van der Waals surface area contributed by atoms with Crippen molar-refractivity contribution in [3.05, 3.63) is 23.8 Å². The van der Waals surface area contributed by atoms with Crippen molar-refractivity contribution in [2.45, 2.75) is 32.7 Å². The number of carbonyl (C=O) groups is 1. The molecule has 0 bridgehead atoms. The van der Waals surface area contributed by atoms with E-state index in [1.165, 1.54) is 0 Å². The Bertz CT molecular complexity index is 511. The Morgan fingerprint density at radius 2 is 2.17 bits per heavy atom. The Kier molecular flexibility index (Phi) is 8.37. The molecule has 1 heterocycles. The van der Waals surface area contributed by atoms with Crippen LogP contribution in [0.5, 0.6) is 5.75 Å². The molecule has 1 saturated heterocycles. The van der Waals surface area contributed by atoms with Crippen LogP contribution in [0.1, 0.15) is 25.3 Å². The number of hydrogen-bond acceptors (Lipinski definition) is 4. The summed E-state index contributed by atoms with van der Waals surface area (Å²) < 4.78 is 10.7. The molecule has 0 aromatic heterocycles. The maximum Gasteiger partial charge on any atom is 0.227 e. The number of benzene rings is 1. The third kappa shape index (κ3) is 6.01. The van der Waals surface area contributed by atoms with Crippen LogP contribution < -0.4 is 15.4 Å². The maximum atomic E-state index is 12.5. The first-order chi connectivity index (χ1) is 10.6. The van der Waals surface area contributed by atoms with E-state index in [1.54, 1.807) is 7.11 Å². The average molecular weight is 343 g/mol. The molecule has 2 rings (SSSR count). The monoisotopic (exact) mass is 342 g/mol. The molecule has 23 heavy (non-hydrogen) atoms. The van der Waals surface area contributed by atoms with Gasteiger partial charge in [-0.05, 0) is 50.9 Å². The van der Waals surface area contributed by atoms with Gasteiger partial charge in [0.2, 0.25) is 5.91 Å². The molecule has 5 nitrogen and oxygen atoms in total. The van der Waals surface area contributed by atoms with Crippen LogP contribution in [0, 0.1) is 12.8 Å². The predicted octanol–water partition coefficient (Wildman–Crippen LogP) is 2.77. The van der Waals surface area contributed by atoms with Gasteiger partial charge in [0.1, 0.15) is 12.4 Å². The Balaban J connectivity index is 0.00000264. The Hall–Kier alpha value is -1.30. The number of anilines is 1. The van der Waals surface area contributed by atoms with E-state index in [4.69, 9.17) is 9.47 Å². The summed E-state index contributed by atoms with van der Waals surface area (Å²) >= 11 is 0. The van der Waals surface area contributed by atoms with E-state index in [9.17, 15) is 4.79 Å². The van der Waals surface area contributed by atoms with E-state index in [-0.39, 0.29) is 24.2 Å². The number of ether oxygens (including phenoxy) is 2. The van der Waals surface area contributed by atoms with Gasteiger partial charge in [0.25, 0.3) is 0 Å². The van der Waals surface area contributed by atoms with Gasteiger partial charge >= 0.3 is 0 Å². The quantitative estimate of drug-likeness (QED) is 0.780. The summed E-state index contributed by atoms with van der Waals surface area (Å²) in [5.41, 5.74) is 1.83. The molecule has 0 saturated carbocycles. The van der Waals surface area contributed by atoms with E-state index in [0.717, 1.165) is 30.6 Å². The zero-order chi connectivity index (χ0) is 15.9. The van der Waals surface area contributed by atoms with E-state index in [0.29, 0.717) is 25.0 Å². The number of aryl methyl sites for hydroxylation is 1. The molecule has 0 unspecified atom stereocenters. The lowest BCUT2D eigenvalue weighted by molar-refractivity contribution is -0.120. The molecule has 1 aliphatic heterocycles. The third-order valence-corrected chi connectivity index (χ3v) is 3.93. The second-order valence-corrected chi connectivity index (χ2v) is 5.91. The van der Waals surface area contributed by atoms with E-state index in [2.05, 4.69) is 17.6 Å². The molecule has 0 spiro atoms. The largest absolute Gasteiger partial charge is 0.489 e. The number of hydrogen-bond donors (Lipinski definition) is 2. The van der Waals surface area contributed by atoms with Crippen LogP contribution in [0.15, 0.2) is 18.2 Å². The smallest absolute Gasteiger partial charge is 0.227 e. The fraction of sp³-hybridized carbons (Fsp3) is 0.588. The van der Waals surface area contributed by atoms with Gasteiger partial charge in [-0.3, -0.25) is 4.79 Å². The van der Waals surface area contributed by atoms with Crippen LogP contribution in [0.3, 0.4) is 0 Å². The second kappa shape index (κ2) is 9.75. The summed E-state index contributed by atoms with van der Waals surface area (Å²) in [6, 6.07) is 6.21. The van der Waals surface area contributed by atoms with Crippen LogP contribution >= 0.6 is 12.4 Å². The Labute approximate surface area is 144 Å². The second-order valence-electron chi connectivity index (χ2n) is 5.91. The zero-order valence-electron chi connectivity index (χ0n) is 14.1. The van der Waals surface area contributed by atoms with Crippen molar-refractivity contribution in [2.75, 3.05) is 32.2 Å². The SMILES string of the molecule is COCCOc1cc(C)ccc1NC(=O)[C@H]1CCN[C@@H](C)C1.Cl. The molecular formula is C17H27ClN2O3. The molecule has 1 aromatic rings. The normalized spacial score (nSPS) is 20.5. The van der Waals surface area contributed by atoms with E-state index < -0.39 is 0 Å². The van der Waals surface area contributed by atoms with Crippen molar-refractivity contribution in [1.82, 2.24) is 5.32 Å². The summed E-state index contributed by atoms with van der Waals surface area (Å²) in [6.07, 6.45) is 1.75. The maximum absolute atomic E-state index is 12.5. The number of nitrogens with one attached hydrogen (secondary N) is 2. The highest BCUT2D eigenvalue weighted by molar-refractivity contribution is 5.94. The van der Waals surface area contributed by atoms with Gasteiger partial charge in [-0.15, -0.1) is 12.4 Å². The number of piperidine rings is 1. The Morgan fingerprint density at radius 1 is 1.39 bits per heavy atom. The number of amides is 1. The minimum atomic E-state index is 0. The molecule has 130 valence electrons. The summed E-state index contributed by atoms with van der Waals surface area (Å²) in [4.78, 5) is 12.5. The van der Waals surface area contributed by atoms with Crippen molar-refractivity contribution in [1.29, 1.82) is 0 Å². The fourth-order valence-corrected chi connectivity index (χ4v) is 2.69. The van der Waals surface area contributed by atoms with Gasteiger partial charge < -0.3 is 20.1 Å². The summed E-state index contributed by atoms with van der Waals surface area (Å²) in [5.74, 6) is 0.838. The third-order valence-electron chi connectivity index (χ3n) is 3.93. The van der Waals surface area contributed by atoms with E-state index >= 15 is 0 Å². The van der Waals surface area contributed by atoms with Crippen LogP contribution in [-0.2, 0) is 9.53 Å². The van der Waals surface area contributed by atoms with Crippen molar-refractivity contribution in [3.63, 3.8) is 0 Å². The molecular weight excluding hydrogens is 316 g/mol. The zero-order valence-corrected chi connectivity index (χ0v) is 14.9. The van der Waals surface area contributed by atoms with Gasteiger partial charge in [0, 0.05) is 19.1 Å². The van der Waals surface area contributed by atoms with E-state index in [1.807, 2.05) is 25.1 Å². The molecule has 1 aliphatic rings. The Morgan fingerprint density at radius 3 is 2.87 bits per heavy atom. The van der Waals surface area contributed by atoms with Gasteiger partial charge in [-0.25, -0.2) is 0 Å². The van der Waals surface area contributed by atoms with Crippen LogP contribution in [-0.4, -0.2) is 38.8 Å². The molecule has 2 atom stereocenters. The lowest BCUT2D eigenvalue weighted by atomic mass is 9.92. The molecule has 0 aliphatic carbocycles. The van der Waals surface area contributed by atoms with Gasteiger partial charge in [0.15, 0.2) is 0 Å². The van der Waals surface area contributed by atoms with Crippen molar-refractivity contribution in [3.8, 4) is 5.75 Å². The first-order valence-corrected chi connectivity index (χ1v) is 7.86. The lowest BCUT2D eigenvalue weighted by Crippen LogP contribution is -2.40. The standard InChI is InChI=1S/C17H26N2O3.ClH/c1-12-4-5-15(16(10-12)22-9-8-21-3)19-17(20)14-6-7-18-13(2)11-14;/h4-5,10,13-14,18H,6-9,11H2,1-3H3,(H,19,20);1H/t13-,14-;/m0./s1. The first-order valence-electron chi connectivity index (χ1n) is 7.86. The summed E-state index contributed by atoms with van der Waals surface area (Å²) in [7, 11) is 1.64. The van der Waals surface area contributed by atoms with Crippen molar-refractivity contribution in [2.24, 2.45) is 5.92 Å². The average Bonchev–Trinajstić information content (AvgIpc) is 2.50. The highest BCUT2D eigenvalue weighted by Crippen LogP contribution is 2.27. The fourth-order valence-electron chi connectivity index (χ4n) is 2.69. The topological polar surface area (TPSA) is 59.6 Å². The lowest BCUT2D eigenvalue weighted by Gasteiger charge is -2.27. The van der Waals surface area contributed by atoms with Crippen molar-refractivity contribution >= 4 is 24.0 Å². The minimum Gasteiger partial charge on any atom is -0.489 e. The first kappa shape index (κ1) is 19.7. The molecule has 1 amide bonds. The number of methoxy groups -OCH3 is 1. The van der Waals surface area contributed by atoms with Crippen LogP contribution in [0.25, 0.3) is 0 Å². The number of rotatable bonds is 6. The highest BCUT2D eigenvalue weighted by Gasteiger charge is 2.25. The molecule has 1 aromatic carbocycles. The summed E-state index contributed by atoms with van der Waals surface area (Å²) in [5, 5.41) is 6.39. The molecule has 0 radical (unpaired) electrons. The number of halogens is 1.